The highest BCUT2D eigenvalue weighted by Crippen LogP contribution is 2.34. The molecule has 0 saturated heterocycles. The average molecular weight is 255 g/mol. The van der Waals surface area contributed by atoms with Crippen LogP contribution in [0.2, 0.25) is 0 Å². The maximum atomic E-state index is 10.8. The monoisotopic (exact) mass is 255 g/mol. The van der Waals surface area contributed by atoms with E-state index in [-0.39, 0.29) is 5.69 Å². The van der Waals surface area contributed by atoms with Gasteiger partial charge in [-0.3, -0.25) is 0 Å². The van der Waals surface area contributed by atoms with Crippen molar-refractivity contribution in [2.45, 2.75) is 12.3 Å². The van der Waals surface area contributed by atoms with Gasteiger partial charge in [-0.2, -0.15) is 0 Å². The first-order chi connectivity index (χ1) is 9.24. The van der Waals surface area contributed by atoms with Gasteiger partial charge in [0.25, 0.3) is 0 Å². The smallest absolute Gasteiger partial charge is 0.354 e. The van der Waals surface area contributed by atoms with Crippen LogP contribution in [0.4, 0.5) is 5.95 Å². The van der Waals surface area contributed by atoms with Crippen LogP contribution in [0.15, 0.2) is 36.5 Å². The van der Waals surface area contributed by atoms with Crippen LogP contribution in [0, 0.1) is 0 Å². The molecule has 96 valence electrons. The number of benzene rings is 1. The SMILES string of the molecule is O=C(O)c1ccnc(NCC2Cc3ccccc32)n1. The lowest BCUT2D eigenvalue weighted by Crippen LogP contribution is -2.25. The van der Waals surface area contributed by atoms with Gasteiger partial charge in [-0.1, -0.05) is 24.3 Å². The van der Waals surface area contributed by atoms with Crippen molar-refractivity contribution in [3.8, 4) is 0 Å². The summed E-state index contributed by atoms with van der Waals surface area (Å²) in [7, 11) is 0. The lowest BCUT2D eigenvalue weighted by molar-refractivity contribution is 0.0690. The molecule has 0 saturated carbocycles. The number of aromatic nitrogens is 2. The van der Waals surface area contributed by atoms with Crippen LogP contribution in [-0.2, 0) is 6.42 Å². The Bertz CT molecular complexity index is 628. The van der Waals surface area contributed by atoms with Crippen LogP contribution in [0.1, 0.15) is 27.5 Å². The second-order valence-electron chi connectivity index (χ2n) is 4.55. The van der Waals surface area contributed by atoms with E-state index in [9.17, 15) is 4.79 Å². The van der Waals surface area contributed by atoms with Crippen molar-refractivity contribution in [2.75, 3.05) is 11.9 Å². The molecule has 5 nitrogen and oxygen atoms in total. The van der Waals surface area contributed by atoms with Gasteiger partial charge in [0.1, 0.15) is 0 Å². The molecular weight excluding hydrogens is 242 g/mol. The third kappa shape index (κ3) is 2.27. The fourth-order valence-corrected chi connectivity index (χ4v) is 2.32. The largest absolute Gasteiger partial charge is 0.477 e. The van der Waals surface area contributed by atoms with Crippen LogP contribution in [0.5, 0.6) is 0 Å². The van der Waals surface area contributed by atoms with E-state index < -0.39 is 5.97 Å². The highest BCUT2D eigenvalue weighted by molar-refractivity contribution is 5.85. The van der Waals surface area contributed by atoms with Crippen LogP contribution < -0.4 is 5.32 Å². The molecule has 0 amide bonds. The summed E-state index contributed by atoms with van der Waals surface area (Å²) in [6, 6.07) is 9.72. The highest BCUT2D eigenvalue weighted by atomic mass is 16.4. The van der Waals surface area contributed by atoms with Crippen molar-refractivity contribution >= 4 is 11.9 Å². The number of anilines is 1. The Morgan fingerprint density at radius 2 is 2.21 bits per heavy atom. The molecule has 2 N–H and O–H groups in total. The number of carboxylic acid groups (broad SMARTS) is 1. The van der Waals surface area contributed by atoms with E-state index in [1.54, 1.807) is 0 Å². The Kier molecular flexibility index (Phi) is 2.87. The Labute approximate surface area is 110 Å². The number of rotatable bonds is 4. The van der Waals surface area contributed by atoms with Crippen molar-refractivity contribution in [1.82, 2.24) is 9.97 Å². The third-order valence-electron chi connectivity index (χ3n) is 3.34. The standard InChI is InChI=1S/C14H13N3O2/c18-13(19)12-5-6-15-14(17-12)16-8-10-7-9-3-1-2-4-11(9)10/h1-6,10H,7-8H2,(H,18,19)(H,15,16,17). The Morgan fingerprint density at radius 1 is 1.37 bits per heavy atom. The van der Waals surface area contributed by atoms with Gasteiger partial charge in [-0.05, 0) is 23.6 Å². The van der Waals surface area contributed by atoms with Gasteiger partial charge in [-0.25, -0.2) is 14.8 Å². The maximum absolute atomic E-state index is 10.8. The molecule has 0 radical (unpaired) electrons. The van der Waals surface area contributed by atoms with E-state index >= 15 is 0 Å². The summed E-state index contributed by atoms with van der Waals surface area (Å²) in [6.07, 6.45) is 2.50. The van der Waals surface area contributed by atoms with Crippen LogP contribution in [-0.4, -0.2) is 27.6 Å². The molecule has 1 aliphatic rings. The summed E-state index contributed by atoms with van der Waals surface area (Å²) in [5, 5.41) is 12.0. The molecule has 1 aliphatic carbocycles. The fourth-order valence-electron chi connectivity index (χ4n) is 2.32. The summed E-state index contributed by atoms with van der Waals surface area (Å²) in [6.45, 7) is 0.722. The minimum atomic E-state index is -1.04. The molecular formula is C14H13N3O2. The van der Waals surface area contributed by atoms with Gasteiger partial charge in [-0.15, -0.1) is 0 Å². The molecule has 0 bridgehead atoms. The number of aromatic carboxylic acids is 1. The predicted octanol–water partition coefficient (Wildman–Crippen LogP) is 1.93. The van der Waals surface area contributed by atoms with E-state index in [0.717, 1.165) is 13.0 Å². The van der Waals surface area contributed by atoms with Gasteiger partial charge >= 0.3 is 5.97 Å². The van der Waals surface area contributed by atoms with Crippen LogP contribution in [0.25, 0.3) is 0 Å². The van der Waals surface area contributed by atoms with E-state index in [4.69, 9.17) is 5.11 Å². The number of nitrogens with one attached hydrogen (secondary N) is 1. The van der Waals surface area contributed by atoms with Crippen molar-refractivity contribution in [2.24, 2.45) is 0 Å². The predicted molar refractivity (Wildman–Crippen MR) is 70.4 cm³/mol. The molecule has 1 atom stereocenters. The number of hydrogen-bond donors (Lipinski definition) is 2. The summed E-state index contributed by atoms with van der Waals surface area (Å²) in [4.78, 5) is 18.8. The second-order valence-corrected chi connectivity index (χ2v) is 4.55. The zero-order valence-corrected chi connectivity index (χ0v) is 10.2. The number of nitrogens with zero attached hydrogens (tertiary/aromatic N) is 2. The lowest BCUT2D eigenvalue weighted by atomic mass is 9.78. The zero-order valence-electron chi connectivity index (χ0n) is 10.2. The molecule has 1 unspecified atom stereocenters. The molecule has 0 spiro atoms. The minimum absolute atomic E-state index is 0.00603. The quantitative estimate of drug-likeness (QED) is 0.873. The molecule has 0 aliphatic heterocycles. The fraction of sp³-hybridized carbons (Fsp3) is 0.214. The Morgan fingerprint density at radius 3 is 3.00 bits per heavy atom. The average Bonchev–Trinajstić information content (AvgIpc) is 2.40. The minimum Gasteiger partial charge on any atom is -0.477 e. The lowest BCUT2D eigenvalue weighted by Gasteiger charge is -2.30. The van der Waals surface area contributed by atoms with Crippen molar-refractivity contribution in [1.29, 1.82) is 0 Å². The Hall–Kier alpha value is -2.43. The molecule has 1 heterocycles. The van der Waals surface area contributed by atoms with Crippen LogP contribution >= 0.6 is 0 Å². The van der Waals surface area contributed by atoms with E-state index in [1.165, 1.54) is 23.4 Å². The zero-order chi connectivity index (χ0) is 13.2. The normalized spacial score (nSPS) is 16.3. The molecule has 1 aromatic heterocycles. The first-order valence-corrected chi connectivity index (χ1v) is 6.12. The van der Waals surface area contributed by atoms with Crippen molar-refractivity contribution in [3.63, 3.8) is 0 Å². The summed E-state index contributed by atoms with van der Waals surface area (Å²) < 4.78 is 0. The van der Waals surface area contributed by atoms with Gasteiger partial charge in [0.05, 0.1) is 0 Å². The number of carbonyl (C=O) groups is 1. The Balaban J connectivity index is 1.65. The van der Waals surface area contributed by atoms with Gasteiger partial charge in [0.2, 0.25) is 5.95 Å². The molecule has 2 aromatic rings. The second kappa shape index (κ2) is 4.68. The van der Waals surface area contributed by atoms with Crippen molar-refractivity contribution < 1.29 is 9.90 Å². The number of hydrogen-bond acceptors (Lipinski definition) is 4. The molecule has 0 fully saturated rings. The molecule has 3 rings (SSSR count). The van der Waals surface area contributed by atoms with Crippen LogP contribution in [0.3, 0.4) is 0 Å². The molecule has 1 aromatic carbocycles. The number of fused-ring (bicyclic) bond motifs is 1. The van der Waals surface area contributed by atoms with Crippen molar-refractivity contribution in [3.05, 3.63) is 53.3 Å². The van der Waals surface area contributed by atoms with E-state index in [0.29, 0.717) is 11.9 Å². The summed E-state index contributed by atoms with van der Waals surface area (Å²) >= 11 is 0. The molecule has 19 heavy (non-hydrogen) atoms. The topological polar surface area (TPSA) is 75.1 Å². The molecule has 5 heteroatoms. The summed E-state index contributed by atoms with van der Waals surface area (Å²) in [5.74, 6) is -0.225. The van der Waals surface area contributed by atoms with Gasteiger partial charge in [0, 0.05) is 18.7 Å². The van der Waals surface area contributed by atoms with E-state index in [1.807, 2.05) is 12.1 Å². The van der Waals surface area contributed by atoms with Gasteiger partial charge in [0.15, 0.2) is 5.69 Å². The highest BCUT2D eigenvalue weighted by Gasteiger charge is 2.25. The first-order valence-electron chi connectivity index (χ1n) is 6.12. The van der Waals surface area contributed by atoms with E-state index in [2.05, 4.69) is 27.4 Å². The summed E-state index contributed by atoms with van der Waals surface area (Å²) in [5.41, 5.74) is 2.74. The number of carboxylic acids is 1. The maximum Gasteiger partial charge on any atom is 0.354 e. The van der Waals surface area contributed by atoms with Gasteiger partial charge < -0.3 is 10.4 Å². The third-order valence-corrected chi connectivity index (χ3v) is 3.34. The first kappa shape index (κ1) is 11.6.